The Morgan fingerprint density at radius 2 is 2.16 bits per heavy atom. The number of benzene rings is 1. The summed E-state index contributed by atoms with van der Waals surface area (Å²) in [4.78, 5) is 13.6. The van der Waals surface area contributed by atoms with Gasteiger partial charge < -0.3 is 5.11 Å². The number of β-amino-alcohol motifs (C(OH)–C–C–N with tert-alkyl or cyclic N) is 1. The summed E-state index contributed by atoms with van der Waals surface area (Å²) in [5, 5.41) is 9.97. The van der Waals surface area contributed by atoms with Gasteiger partial charge in [-0.15, -0.1) is 0 Å². The number of likely N-dealkylation sites (tertiary alicyclic amines) is 1. The molecule has 0 bridgehead atoms. The van der Waals surface area contributed by atoms with Crippen LogP contribution in [0.4, 0.5) is 0 Å². The third-order valence-electron chi connectivity index (χ3n) is 3.56. The number of carbonyl (C=O) groups excluding carboxylic acids is 1. The van der Waals surface area contributed by atoms with Gasteiger partial charge in [0.2, 0.25) is 5.91 Å². The summed E-state index contributed by atoms with van der Waals surface area (Å²) < 4.78 is 0. The van der Waals surface area contributed by atoms with Crippen LogP contribution < -0.4 is 11.3 Å². The molecule has 0 saturated carbocycles. The summed E-state index contributed by atoms with van der Waals surface area (Å²) >= 11 is 0. The summed E-state index contributed by atoms with van der Waals surface area (Å²) in [6.45, 7) is 4.17. The molecule has 1 aliphatic heterocycles. The lowest BCUT2D eigenvalue weighted by Gasteiger charge is -2.20. The molecule has 1 unspecified atom stereocenters. The second kappa shape index (κ2) is 5.69. The van der Waals surface area contributed by atoms with Crippen LogP contribution in [0.1, 0.15) is 24.5 Å². The summed E-state index contributed by atoms with van der Waals surface area (Å²) in [5.74, 6) is 4.93. The van der Waals surface area contributed by atoms with Crippen molar-refractivity contribution in [1.82, 2.24) is 10.3 Å². The van der Waals surface area contributed by atoms with Crippen LogP contribution in [0.15, 0.2) is 24.3 Å². The lowest BCUT2D eigenvalue weighted by molar-refractivity contribution is -0.120. The second-order valence-electron chi connectivity index (χ2n) is 5.47. The fourth-order valence-corrected chi connectivity index (χ4v) is 2.52. The van der Waals surface area contributed by atoms with Crippen molar-refractivity contribution in [2.45, 2.75) is 31.9 Å². The first-order chi connectivity index (χ1) is 9.00. The molecular formula is C14H21N3O2. The zero-order valence-electron chi connectivity index (χ0n) is 11.2. The summed E-state index contributed by atoms with van der Waals surface area (Å²) in [7, 11) is 0. The number of hydrazine groups is 1. The number of hydrogen-bond donors (Lipinski definition) is 3. The molecule has 1 aromatic rings. The maximum atomic E-state index is 11.4. The van der Waals surface area contributed by atoms with E-state index in [9.17, 15) is 9.90 Å². The van der Waals surface area contributed by atoms with E-state index in [1.807, 2.05) is 31.2 Å². The third kappa shape index (κ3) is 3.76. The predicted octanol–water partition coefficient (Wildman–Crippen LogP) is 0.176. The van der Waals surface area contributed by atoms with E-state index in [0.29, 0.717) is 6.54 Å². The summed E-state index contributed by atoms with van der Waals surface area (Å²) in [5.41, 5.74) is 3.66. The Kier molecular flexibility index (Phi) is 4.19. The highest BCUT2D eigenvalue weighted by Gasteiger charge is 2.31. The van der Waals surface area contributed by atoms with Crippen molar-refractivity contribution in [1.29, 1.82) is 0 Å². The lowest BCUT2D eigenvalue weighted by Crippen LogP contribution is -2.32. The number of nitrogens with two attached hydrogens (primary N) is 1. The maximum absolute atomic E-state index is 11.4. The molecule has 1 aliphatic rings. The van der Waals surface area contributed by atoms with E-state index >= 15 is 0 Å². The quantitative estimate of drug-likeness (QED) is 0.411. The molecule has 2 rings (SSSR count). The number of hydrogen-bond acceptors (Lipinski definition) is 4. The molecule has 1 fully saturated rings. The molecule has 1 heterocycles. The molecule has 5 heteroatoms. The monoisotopic (exact) mass is 263 g/mol. The van der Waals surface area contributed by atoms with Crippen molar-refractivity contribution >= 4 is 5.91 Å². The fraction of sp³-hybridized carbons (Fsp3) is 0.500. The largest absolute Gasteiger partial charge is 0.389 e. The van der Waals surface area contributed by atoms with Crippen molar-refractivity contribution in [2.24, 2.45) is 5.84 Å². The Hall–Kier alpha value is -1.43. The zero-order chi connectivity index (χ0) is 13.9. The number of carbonyl (C=O) groups is 1. The Labute approximate surface area is 113 Å². The minimum Gasteiger partial charge on any atom is -0.389 e. The van der Waals surface area contributed by atoms with E-state index in [-0.39, 0.29) is 12.3 Å². The Morgan fingerprint density at radius 1 is 1.47 bits per heavy atom. The van der Waals surface area contributed by atoms with E-state index in [1.54, 1.807) is 0 Å². The molecule has 1 saturated heterocycles. The maximum Gasteiger partial charge on any atom is 0.238 e. The van der Waals surface area contributed by atoms with Gasteiger partial charge in [0.15, 0.2) is 0 Å². The molecule has 19 heavy (non-hydrogen) atoms. The summed E-state index contributed by atoms with van der Waals surface area (Å²) in [6, 6.07) is 7.85. The Morgan fingerprint density at radius 3 is 2.74 bits per heavy atom. The minimum absolute atomic E-state index is 0.194. The first kappa shape index (κ1) is 14.0. The number of rotatable bonds is 4. The smallest absolute Gasteiger partial charge is 0.238 e. The molecule has 0 radical (unpaired) electrons. The van der Waals surface area contributed by atoms with Gasteiger partial charge in [-0.05, 0) is 24.5 Å². The van der Waals surface area contributed by atoms with Gasteiger partial charge in [0.1, 0.15) is 0 Å². The highest BCUT2D eigenvalue weighted by atomic mass is 16.3. The first-order valence-corrected chi connectivity index (χ1v) is 6.51. The molecule has 0 aliphatic carbocycles. The number of aliphatic hydroxyl groups is 1. The van der Waals surface area contributed by atoms with E-state index in [4.69, 9.17) is 5.84 Å². The predicted molar refractivity (Wildman–Crippen MR) is 73.0 cm³/mol. The second-order valence-corrected chi connectivity index (χ2v) is 5.47. The standard InChI is InChI=1S/C14H21N3O2/c1-14(19)6-7-17(10-14)9-12-5-3-2-4-11(12)8-13(18)16-15/h2-5,19H,6-10,15H2,1H3,(H,16,18). The zero-order valence-corrected chi connectivity index (χ0v) is 11.2. The molecule has 0 spiro atoms. The van der Waals surface area contributed by atoms with Crippen molar-refractivity contribution in [3.63, 3.8) is 0 Å². The molecule has 1 atom stereocenters. The van der Waals surface area contributed by atoms with Gasteiger partial charge in [0.25, 0.3) is 0 Å². The van der Waals surface area contributed by atoms with Crippen LogP contribution >= 0.6 is 0 Å². The van der Waals surface area contributed by atoms with Crippen LogP contribution in [-0.4, -0.2) is 34.6 Å². The van der Waals surface area contributed by atoms with Crippen molar-refractivity contribution in [3.8, 4) is 0 Å². The SMILES string of the molecule is CC1(O)CCN(Cc2ccccc2CC(=O)NN)C1. The Bertz CT molecular complexity index is 460. The first-order valence-electron chi connectivity index (χ1n) is 6.51. The third-order valence-corrected chi connectivity index (χ3v) is 3.56. The van der Waals surface area contributed by atoms with Crippen molar-refractivity contribution < 1.29 is 9.90 Å². The van der Waals surface area contributed by atoms with E-state index in [2.05, 4.69) is 10.3 Å². The van der Waals surface area contributed by atoms with Crippen LogP contribution in [-0.2, 0) is 17.8 Å². The Balaban J connectivity index is 2.06. The fourth-order valence-electron chi connectivity index (χ4n) is 2.52. The molecule has 104 valence electrons. The lowest BCUT2D eigenvalue weighted by atomic mass is 10.0. The van der Waals surface area contributed by atoms with E-state index < -0.39 is 5.60 Å². The highest BCUT2D eigenvalue weighted by molar-refractivity contribution is 5.78. The normalized spacial score (nSPS) is 23.5. The van der Waals surface area contributed by atoms with Gasteiger partial charge in [-0.1, -0.05) is 24.3 Å². The topological polar surface area (TPSA) is 78.6 Å². The average Bonchev–Trinajstić information content (AvgIpc) is 2.71. The van der Waals surface area contributed by atoms with Gasteiger partial charge in [0, 0.05) is 19.6 Å². The molecule has 4 N–H and O–H groups in total. The molecular weight excluding hydrogens is 242 g/mol. The number of nitrogens with zero attached hydrogens (tertiary/aromatic N) is 1. The molecule has 1 aromatic carbocycles. The molecule has 0 aromatic heterocycles. The van der Waals surface area contributed by atoms with Gasteiger partial charge >= 0.3 is 0 Å². The van der Waals surface area contributed by atoms with Gasteiger partial charge in [-0.3, -0.25) is 15.1 Å². The highest BCUT2D eigenvalue weighted by Crippen LogP contribution is 2.23. The number of amides is 1. The van der Waals surface area contributed by atoms with Crippen LogP contribution in [0.5, 0.6) is 0 Å². The van der Waals surface area contributed by atoms with Crippen LogP contribution in [0.25, 0.3) is 0 Å². The van der Waals surface area contributed by atoms with Crippen molar-refractivity contribution in [2.75, 3.05) is 13.1 Å². The molecule has 1 amide bonds. The summed E-state index contributed by atoms with van der Waals surface area (Å²) in [6.07, 6.45) is 1.08. The van der Waals surface area contributed by atoms with Crippen LogP contribution in [0.3, 0.4) is 0 Å². The van der Waals surface area contributed by atoms with E-state index in [1.165, 1.54) is 0 Å². The van der Waals surface area contributed by atoms with Crippen molar-refractivity contribution in [3.05, 3.63) is 35.4 Å². The van der Waals surface area contributed by atoms with Gasteiger partial charge in [0.05, 0.1) is 12.0 Å². The number of nitrogens with one attached hydrogen (secondary N) is 1. The molecule has 5 nitrogen and oxygen atoms in total. The van der Waals surface area contributed by atoms with Gasteiger partial charge in [-0.25, -0.2) is 5.84 Å². The average molecular weight is 263 g/mol. The van der Waals surface area contributed by atoms with Gasteiger partial charge in [-0.2, -0.15) is 0 Å². The minimum atomic E-state index is -0.594. The van der Waals surface area contributed by atoms with Crippen LogP contribution in [0.2, 0.25) is 0 Å². The van der Waals surface area contributed by atoms with E-state index in [0.717, 1.165) is 30.6 Å². The van der Waals surface area contributed by atoms with Crippen LogP contribution in [0, 0.1) is 0 Å².